The van der Waals surface area contributed by atoms with Crippen molar-refractivity contribution in [3.05, 3.63) is 59.3 Å². The van der Waals surface area contributed by atoms with Crippen LogP contribution in [0.15, 0.2) is 36.7 Å². The Kier molecular flexibility index (Phi) is 20.8. The molecule has 14 nitrogen and oxygen atoms in total. The minimum Gasteiger partial charge on any atom is -0.387 e. The zero-order valence-corrected chi connectivity index (χ0v) is 34.3. The molecule has 0 spiro atoms. The second-order valence-electron chi connectivity index (χ2n) is 15.0. The number of hydrogen-bond donors (Lipinski definition) is 4. The number of halogens is 1. The van der Waals surface area contributed by atoms with Crippen LogP contribution in [0.25, 0.3) is 5.52 Å². The van der Waals surface area contributed by atoms with Gasteiger partial charge in [-0.25, -0.2) is 18.5 Å². The molecule has 1 unspecified atom stereocenters. The lowest BCUT2D eigenvalue weighted by Crippen LogP contribution is -2.33. The number of unbranched alkanes of at least 4 members (excludes halogenated alkanes) is 16. The minimum atomic E-state index is -4.72. The first-order valence-corrected chi connectivity index (χ1v) is 22.2. The monoisotopic (exact) mass is 819 g/mol. The number of rotatable bonds is 30. The van der Waals surface area contributed by atoms with Crippen LogP contribution in [0.4, 0.5) is 10.2 Å². The van der Waals surface area contributed by atoms with Crippen LogP contribution in [-0.4, -0.2) is 80.5 Å². The number of hydrogen-bond acceptors (Lipinski definition) is 12. The maximum Gasteiger partial charge on any atom is 0.472 e. The van der Waals surface area contributed by atoms with E-state index in [1.165, 1.54) is 113 Å². The van der Waals surface area contributed by atoms with Gasteiger partial charge in [0.05, 0.1) is 43.8 Å². The van der Waals surface area contributed by atoms with Crippen molar-refractivity contribution in [1.82, 2.24) is 14.6 Å². The van der Waals surface area contributed by atoms with E-state index >= 15 is 0 Å². The molecule has 5 N–H and O–H groups in total. The standard InChI is InChI=1S/C41H63FN5O9P/c1-2-3-4-5-6-7-8-9-10-11-12-13-14-15-16-17-18-21-52-27-34(53-26-32-22-31(25-43)23-33(42)24-32)28-54-57(50,51)55-29-37-38(48)39(49)40(56-37)35-19-20-36-41(44)45-30-46-47(35)36/h19-20,22-24,30,34,37-40,48-49H,2-18,21,26-29H2,1H3,(H,50,51)(H2,44,45,46)/t34-,37-,38-,39-,40+/m1/s1. The minimum absolute atomic E-state index is 0.0247. The Labute approximate surface area is 336 Å². The highest BCUT2D eigenvalue weighted by Crippen LogP contribution is 2.45. The van der Waals surface area contributed by atoms with E-state index in [2.05, 4.69) is 17.0 Å². The number of fused-ring (bicyclic) bond motifs is 1. The average Bonchev–Trinajstić information content (AvgIpc) is 3.75. The normalized spacial score (nSPS) is 19.9. The van der Waals surface area contributed by atoms with Crippen molar-refractivity contribution in [2.45, 2.75) is 153 Å². The summed E-state index contributed by atoms with van der Waals surface area (Å²) in [6.45, 7) is 1.64. The number of aliphatic hydroxyl groups is 2. The van der Waals surface area contributed by atoms with Gasteiger partial charge in [0.15, 0.2) is 5.82 Å². The van der Waals surface area contributed by atoms with Crippen LogP contribution in [0.5, 0.6) is 0 Å². The predicted octanol–water partition coefficient (Wildman–Crippen LogP) is 7.87. The summed E-state index contributed by atoms with van der Waals surface area (Å²) in [6, 6.07) is 9.02. The van der Waals surface area contributed by atoms with Gasteiger partial charge in [-0.2, -0.15) is 10.4 Å². The molecule has 0 bridgehead atoms. The fraction of sp³-hybridized carbons (Fsp3) is 0.683. The molecular weight excluding hydrogens is 756 g/mol. The van der Waals surface area contributed by atoms with Crippen molar-refractivity contribution in [3.63, 3.8) is 0 Å². The Morgan fingerprint density at radius 1 is 0.912 bits per heavy atom. The van der Waals surface area contributed by atoms with E-state index in [0.29, 0.717) is 23.4 Å². The van der Waals surface area contributed by atoms with Crippen LogP contribution < -0.4 is 5.73 Å². The molecular formula is C41H63FN5O9P. The third-order valence-electron chi connectivity index (χ3n) is 10.3. The molecule has 0 radical (unpaired) electrons. The molecule has 1 saturated heterocycles. The number of nitrogens with two attached hydrogens (primary N) is 1. The van der Waals surface area contributed by atoms with E-state index in [9.17, 15) is 29.3 Å². The van der Waals surface area contributed by atoms with E-state index in [1.54, 1.807) is 12.1 Å². The molecule has 3 heterocycles. The number of aliphatic hydroxyl groups excluding tert-OH is 2. The summed E-state index contributed by atoms with van der Waals surface area (Å²) in [6.07, 6.45) is 17.0. The van der Waals surface area contributed by atoms with Gasteiger partial charge < -0.3 is 35.1 Å². The Hall–Kier alpha value is -3.03. The molecule has 318 valence electrons. The quantitative estimate of drug-likeness (QED) is 0.0374. The molecule has 0 aliphatic carbocycles. The van der Waals surface area contributed by atoms with Crippen molar-refractivity contribution < 1.29 is 47.3 Å². The van der Waals surface area contributed by atoms with Gasteiger partial charge in [-0.1, -0.05) is 110 Å². The van der Waals surface area contributed by atoms with Crippen LogP contribution in [0.3, 0.4) is 0 Å². The summed E-state index contributed by atoms with van der Waals surface area (Å²) < 4.78 is 56.4. The first kappa shape index (κ1) is 46.7. The number of nitrogens with zero attached hydrogens (tertiary/aromatic N) is 4. The van der Waals surface area contributed by atoms with E-state index < -0.39 is 57.4 Å². The van der Waals surface area contributed by atoms with Crippen molar-refractivity contribution in [1.29, 1.82) is 5.26 Å². The zero-order chi connectivity index (χ0) is 40.9. The molecule has 3 aromatic rings. The molecule has 1 aromatic carbocycles. The molecule has 57 heavy (non-hydrogen) atoms. The number of phosphoric ester groups is 1. The van der Waals surface area contributed by atoms with Crippen molar-refractivity contribution in [3.8, 4) is 6.07 Å². The SMILES string of the molecule is CCCCCCCCCCCCCCCCCCCOC[C@H](COP(=O)(O)OC[C@H]1O[C@@H](c2ccc3c(N)ncnn23)[C@H](O)[C@@H]1O)OCc1cc(F)cc(C#N)c1. The van der Waals surface area contributed by atoms with Gasteiger partial charge >= 0.3 is 7.82 Å². The maximum atomic E-state index is 14.0. The number of anilines is 1. The number of ether oxygens (including phenoxy) is 3. The Morgan fingerprint density at radius 2 is 1.54 bits per heavy atom. The van der Waals surface area contributed by atoms with E-state index in [0.717, 1.165) is 25.3 Å². The summed E-state index contributed by atoms with van der Waals surface area (Å²) in [5.41, 5.74) is 7.31. The lowest BCUT2D eigenvalue weighted by molar-refractivity contribution is -0.0556. The Morgan fingerprint density at radius 3 is 2.18 bits per heavy atom. The second-order valence-corrected chi connectivity index (χ2v) is 16.4. The zero-order valence-electron chi connectivity index (χ0n) is 33.4. The first-order valence-electron chi connectivity index (χ1n) is 20.7. The molecule has 1 fully saturated rings. The van der Waals surface area contributed by atoms with Crippen LogP contribution in [0.1, 0.15) is 139 Å². The molecule has 1 aliphatic rings. The van der Waals surface area contributed by atoms with Crippen molar-refractivity contribution in [2.75, 3.05) is 32.2 Å². The number of nitrogen functional groups attached to an aromatic ring is 1. The summed E-state index contributed by atoms with van der Waals surface area (Å²) in [5, 5.41) is 34.8. The predicted molar refractivity (Wildman–Crippen MR) is 213 cm³/mol. The summed E-state index contributed by atoms with van der Waals surface area (Å²) in [7, 11) is -4.72. The molecule has 6 atom stereocenters. The summed E-state index contributed by atoms with van der Waals surface area (Å²) in [4.78, 5) is 14.4. The third kappa shape index (κ3) is 16.3. The largest absolute Gasteiger partial charge is 0.472 e. The van der Waals surface area contributed by atoms with E-state index in [4.69, 9.17) is 29.0 Å². The average molecular weight is 820 g/mol. The first-order chi connectivity index (χ1) is 27.6. The molecule has 16 heteroatoms. The van der Waals surface area contributed by atoms with Gasteiger partial charge in [-0.15, -0.1) is 0 Å². The third-order valence-corrected chi connectivity index (χ3v) is 11.2. The van der Waals surface area contributed by atoms with Crippen molar-refractivity contribution >= 4 is 19.2 Å². The van der Waals surface area contributed by atoms with Crippen LogP contribution in [0.2, 0.25) is 0 Å². The Bertz CT molecular complexity index is 1690. The highest BCUT2D eigenvalue weighted by atomic mass is 31.2. The summed E-state index contributed by atoms with van der Waals surface area (Å²) in [5.74, 6) is -0.372. The summed E-state index contributed by atoms with van der Waals surface area (Å²) >= 11 is 0. The van der Waals surface area contributed by atoms with Gasteiger partial charge in [-0.3, -0.25) is 9.05 Å². The number of aromatic nitrogens is 3. The topological polar surface area (TPSA) is 204 Å². The van der Waals surface area contributed by atoms with Gasteiger partial charge in [0, 0.05) is 6.61 Å². The van der Waals surface area contributed by atoms with E-state index in [-0.39, 0.29) is 24.6 Å². The lowest BCUT2D eigenvalue weighted by Gasteiger charge is -2.21. The highest BCUT2D eigenvalue weighted by Gasteiger charge is 2.45. The second kappa shape index (κ2) is 25.5. The molecule has 4 rings (SSSR count). The maximum absolute atomic E-state index is 14.0. The van der Waals surface area contributed by atoms with E-state index in [1.807, 2.05) is 6.07 Å². The number of phosphoric acid groups is 1. The molecule has 0 amide bonds. The van der Waals surface area contributed by atoms with Crippen LogP contribution in [0, 0.1) is 17.1 Å². The fourth-order valence-corrected chi connectivity index (χ4v) is 7.77. The fourth-order valence-electron chi connectivity index (χ4n) is 7.00. The number of benzene rings is 1. The highest BCUT2D eigenvalue weighted by molar-refractivity contribution is 7.47. The molecule has 0 saturated carbocycles. The smallest absolute Gasteiger partial charge is 0.387 e. The molecule has 1 aliphatic heterocycles. The van der Waals surface area contributed by atoms with Crippen LogP contribution >= 0.6 is 7.82 Å². The van der Waals surface area contributed by atoms with Gasteiger partial charge in [-0.05, 0) is 42.3 Å². The van der Waals surface area contributed by atoms with Gasteiger partial charge in [0.1, 0.15) is 48.2 Å². The van der Waals surface area contributed by atoms with Crippen molar-refractivity contribution in [2.24, 2.45) is 0 Å². The molecule has 2 aromatic heterocycles. The lowest BCUT2D eigenvalue weighted by atomic mass is 10.0. The Balaban J connectivity index is 1.15. The van der Waals surface area contributed by atoms with Gasteiger partial charge in [0.25, 0.3) is 0 Å². The number of nitriles is 1. The van der Waals surface area contributed by atoms with Crippen LogP contribution in [-0.2, 0) is 34.4 Å². The van der Waals surface area contributed by atoms with Gasteiger partial charge in [0.2, 0.25) is 0 Å².